The molecule has 1 aliphatic rings. The Balaban J connectivity index is 1.28. The number of hydrogen-bond acceptors (Lipinski definition) is 5. The third kappa shape index (κ3) is 5.66. The van der Waals surface area contributed by atoms with Crippen molar-refractivity contribution in [3.8, 4) is 33.8 Å². The monoisotopic (exact) mass is 665 g/mol. The Labute approximate surface area is 295 Å². The summed E-state index contributed by atoms with van der Waals surface area (Å²) in [6, 6.07) is 42.7. The number of anilines is 2. The number of nitrogens with one attached hydrogen (secondary N) is 1. The lowest BCUT2D eigenvalue weighted by molar-refractivity contribution is 0.0698. The van der Waals surface area contributed by atoms with Crippen molar-refractivity contribution >= 4 is 50.2 Å². The van der Waals surface area contributed by atoms with Crippen LogP contribution in [0.25, 0.3) is 66.6 Å². The molecule has 7 heteroatoms. The average Bonchev–Trinajstić information content (AvgIpc) is 3.58. The summed E-state index contributed by atoms with van der Waals surface area (Å²) in [5.74, 6) is -0.141. The highest BCUT2D eigenvalue weighted by Gasteiger charge is 2.27. The highest BCUT2D eigenvalue weighted by atomic mass is 16.4. The molecule has 248 valence electrons. The average molecular weight is 666 g/mol. The van der Waals surface area contributed by atoms with Crippen molar-refractivity contribution in [1.29, 1.82) is 0 Å². The third-order valence-corrected chi connectivity index (χ3v) is 10.1. The van der Waals surface area contributed by atoms with E-state index in [1.54, 1.807) is 12.3 Å². The molecular formula is C44H35N5O2. The molecule has 0 unspecified atom stereocenters. The molecule has 0 bridgehead atoms. The molecule has 1 aliphatic carbocycles. The van der Waals surface area contributed by atoms with E-state index in [0.29, 0.717) is 11.1 Å². The molecule has 0 saturated heterocycles. The second-order valence-electron chi connectivity index (χ2n) is 13.3. The van der Waals surface area contributed by atoms with Gasteiger partial charge in [0.15, 0.2) is 0 Å². The Hall–Kier alpha value is -6.34. The van der Waals surface area contributed by atoms with Crippen LogP contribution in [-0.2, 0) is 0 Å². The maximum absolute atomic E-state index is 12.8. The fourth-order valence-electron chi connectivity index (χ4n) is 7.68. The van der Waals surface area contributed by atoms with Crippen LogP contribution in [0.4, 0.5) is 11.4 Å². The van der Waals surface area contributed by atoms with Gasteiger partial charge in [-0.1, -0.05) is 79.9 Å². The largest absolute Gasteiger partial charge is 0.478 e. The lowest BCUT2D eigenvalue weighted by Crippen LogP contribution is -2.14. The van der Waals surface area contributed by atoms with Gasteiger partial charge in [0.1, 0.15) is 5.82 Å². The first-order valence-corrected chi connectivity index (χ1v) is 17.6. The molecule has 8 aromatic rings. The molecule has 1 fully saturated rings. The molecule has 3 heterocycles. The third-order valence-electron chi connectivity index (χ3n) is 10.1. The zero-order valence-corrected chi connectivity index (χ0v) is 28.0. The molecule has 7 nitrogen and oxygen atoms in total. The van der Waals surface area contributed by atoms with E-state index in [0.717, 1.165) is 92.6 Å². The van der Waals surface area contributed by atoms with Crippen LogP contribution in [0.1, 0.15) is 48.5 Å². The van der Waals surface area contributed by atoms with Gasteiger partial charge in [0, 0.05) is 45.4 Å². The summed E-state index contributed by atoms with van der Waals surface area (Å²) in [7, 11) is 0. The molecule has 9 rings (SSSR count). The van der Waals surface area contributed by atoms with Crippen molar-refractivity contribution in [3.63, 3.8) is 0 Å². The van der Waals surface area contributed by atoms with E-state index in [2.05, 4.69) is 63.4 Å². The first-order valence-electron chi connectivity index (χ1n) is 17.6. The van der Waals surface area contributed by atoms with Gasteiger partial charge in [-0.15, -0.1) is 0 Å². The zero-order chi connectivity index (χ0) is 34.3. The van der Waals surface area contributed by atoms with Gasteiger partial charge in [-0.2, -0.15) is 0 Å². The van der Waals surface area contributed by atoms with Crippen LogP contribution in [0.3, 0.4) is 0 Å². The van der Waals surface area contributed by atoms with E-state index in [1.165, 1.54) is 6.42 Å². The predicted molar refractivity (Wildman–Crippen MR) is 205 cm³/mol. The van der Waals surface area contributed by atoms with Crippen molar-refractivity contribution in [2.24, 2.45) is 0 Å². The lowest BCUT2D eigenvalue weighted by atomic mass is 9.94. The summed E-state index contributed by atoms with van der Waals surface area (Å²) in [5.41, 5.74) is 9.87. The number of aromatic nitrogens is 4. The minimum atomic E-state index is -0.977. The minimum absolute atomic E-state index is 0.232. The first kappa shape index (κ1) is 30.7. The number of imidazole rings is 1. The van der Waals surface area contributed by atoms with E-state index in [-0.39, 0.29) is 11.6 Å². The van der Waals surface area contributed by atoms with Gasteiger partial charge in [0.2, 0.25) is 0 Å². The molecule has 0 amide bonds. The Morgan fingerprint density at radius 3 is 2.27 bits per heavy atom. The van der Waals surface area contributed by atoms with Gasteiger partial charge in [-0.05, 0) is 85.1 Å². The summed E-state index contributed by atoms with van der Waals surface area (Å²) >= 11 is 0. The van der Waals surface area contributed by atoms with Crippen LogP contribution in [0.5, 0.6) is 0 Å². The second kappa shape index (κ2) is 12.8. The number of hydrogen-bond donors (Lipinski definition) is 2. The van der Waals surface area contributed by atoms with Gasteiger partial charge in [0.05, 0.1) is 39.0 Å². The van der Waals surface area contributed by atoms with Crippen LogP contribution in [0.15, 0.2) is 134 Å². The summed E-state index contributed by atoms with van der Waals surface area (Å²) < 4.78 is 2.38. The number of pyridine rings is 2. The summed E-state index contributed by atoms with van der Waals surface area (Å²) in [6.07, 6.45) is 7.38. The van der Waals surface area contributed by atoms with Crippen LogP contribution < -0.4 is 5.32 Å². The van der Waals surface area contributed by atoms with Gasteiger partial charge in [-0.3, -0.25) is 4.98 Å². The molecule has 51 heavy (non-hydrogen) atoms. The molecule has 1 saturated carbocycles. The van der Waals surface area contributed by atoms with Crippen LogP contribution >= 0.6 is 0 Å². The van der Waals surface area contributed by atoms with Crippen LogP contribution in [-0.4, -0.2) is 30.6 Å². The number of carboxylic acids is 1. The lowest BCUT2D eigenvalue weighted by Gasteiger charge is -2.26. The van der Waals surface area contributed by atoms with Crippen molar-refractivity contribution in [2.45, 2.75) is 38.1 Å². The molecule has 0 radical (unpaired) electrons. The topological polar surface area (TPSA) is 92.9 Å². The highest BCUT2D eigenvalue weighted by Crippen LogP contribution is 2.42. The maximum Gasteiger partial charge on any atom is 0.336 e. The van der Waals surface area contributed by atoms with Gasteiger partial charge >= 0.3 is 5.97 Å². The molecule has 0 spiro atoms. The van der Waals surface area contributed by atoms with Crippen molar-refractivity contribution in [2.75, 3.05) is 5.32 Å². The highest BCUT2D eigenvalue weighted by molar-refractivity contribution is 6.07. The number of rotatable bonds is 7. The van der Waals surface area contributed by atoms with Crippen molar-refractivity contribution in [1.82, 2.24) is 19.5 Å². The smallest absolute Gasteiger partial charge is 0.336 e. The maximum atomic E-state index is 12.8. The minimum Gasteiger partial charge on any atom is -0.478 e. The number of benzene rings is 5. The van der Waals surface area contributed by atoms with E-state index >= 15 is 0 Å². The number of carbonyl (C=O) groups is 1. The SMILES string of the molecule is O=C(O)c1ccc2c(nc(-c3ccc4nc(-c5ccccc5)cc(Nc5ccccc5)c4c3)n2C2CCCCC2)c1-c1ccc2ncccc2c1. The number of para-hydroxylation sites is 1. The Morgan fingerprint density at radius 1 is 0.706 bits per heavy atom. The number of aromatic carboxylic acids is 1. The number of nitrogens with zero attached hydrogens (tertiary/aromatic N) is 4. The molecular weight excluding hydrogens is 631 g/mol. The number of fused-ring (bicyclic) bond motifs is 3. The summed E-state index contributed by atoms with van der Waals surface area (Å²) in [6.45, 7) is 0. The second-order valence-corrected chi connectivity index (χ2v) is 13.3. The van der Waals surface area contributed by atoms with E-state index in [9.17, 15) is 9.90 Å². The Kier molecular flexibility index (Phi) is 7.73. The Bertz CT molecular complexity index is 2570. The molecule has 0 aliphatic heterocycles. The Morgan fingerprint density at radius 2 is 1.47 bits per heavy atom. The molecule has 0 atom stereocenters. The van der Waals surface area contributed by atoms with Gasteiger partial charge in [-0.25, -0.2) is 14.8 Å². The fraction of sp³-hybridized carbons (Fsp3) is 0.136. The normalized spacial score (nSPS) is 13.6. The van der Waals surface area contributed by atoms with E-state index in [1.807, 2.05) is 72.8 Å². The van der Waals surface area contributed by atoms with E-state index in [4.69, 9.17) is 9.97 Å². The molecule has 5 aromatic carbocycles. The summed E-state index contributed by atoms with van der Waals surface area (Å²) in [4.78, 5) is 27.8. The van der Waals surface area contributed by atoms with Crippen molar-refractivity contribution < 1.29 is 9.90 Å². The zero-order valence-electron chi connectivity index (χ0n) is 28.0. The summed E-state index contributed by atoms with van der Waals surface area (Å²) in [5, 5.41) is 16.1. The predicted octanol–water partition coefficient (Wildman–Crippen LogP) is 11.1. The first-order chi connectivity index (χ1) is 25.1. The van der Waals surface area contributed by atoms with Crippen molar-refractivity contribution in [3.05, 3.63) is 139 Å². The van der Waals surface area contributed by atoms with Crippen LogP contribution in [0, 0.1) is 0 Å². The fourth-order valence-corrected chi connectivity index (χ4v) is 7.68. The van der Waals surface area contributed by atoms with Gasteiger partial charge in [0.25, 0.3) is 0 Å². The molecule has 3 aromatic heterocycles. The van der Waals surface area contributed by atoms with E-state index < -0.39 is 5.97 Å². The van der Waals surface area contributed by atoms with Gasteiger partial charge < -0.3 is 15.0 Å². The standard InChI is InChI=1S/C44H35N5O2/c50-44(51)34-20-23-40-42(41(34)30-18-21-36-29(25-30)13-10-24-45-36)48-43(49(40)33-16-8-3-9-17-33)31-19-22-37-35(26-31)39(46-32-14-6-2-7-15-32)27-38(47-37)28-11-4-1-5-12-28/h1-2,4-7,10-15,18-27,33H,3,8-9,16-17H2,(H,46,47)(H,50,51). The number of carboxylic acid groups (broad SMARTS) is 1. The van der Waals surface area contributed by atoms with Crippen LogP contribution in [0.2, 0.25) is 0 Å². The molecule has 2 N–H and O–H groups in total. The quantitative estimate of drug-likeness (QED) is 0.176.